The van der Waals surface area contributed by atoms with Crippen LogP contribution < -0.4 is 5.73 Å². The highest BCUT2D eigenvalue weighted by molar-refractivity contribution is 7.99. The average molecular weight is 251 g/mol. The van der Waals surface area contributed by atoms with Gasteiger partial charge < -0.3 is 10.3 Å². The van der Waals surface area contributed by atoms with Crippen LogP contribution in [0.3, 0.4) is 0 Å². The lowest BCUT2D eigenvalue weighted by atomic mass is 10.2. The molecular weight excluding hydrogens is 234 g/mol. The van der Waals surface area contributed by atoms with Crippen LogP contribution in [0.25, 0.3) is 0 Å². The lowest BCUT2D eigenvalue weighted by molar-refractivity contribution is 0.353. The van der Waals surface area contributed by atoms with Crippen LogP contribution in [-0.2, 0) is 5.75 Å². The van der Waals surface area contributed by atoms with Crippen LogP contribution in [0.1, 0.15) is 49.9 Å². The van der Waals surface area contributed by atoms with Gasteiger partial charge in [-0.05, 0) is 12.8 Å². The molecule has 17 heavy (non-hydrogen) atoms. The molecule has 0 bridgehead atoms. The minimum atomic E-state index is -0.335. The minimum absolute atomic E-state index is 0.335. The van der Waals surface area contributed by atoms with Gasteiger partial charge in [0, 0.05) is 11.7 Å². The predicted octanol–water partition coefficient (Wildman–Crippen LogP) is 2.27. The molecule has 0 aromatic carbocycles. The van der Waals surface area contributed by atoms with Crippen molar-refractivity contribution in [3.63, 3.8) is 0 Å². The molecule has 0 amide bonds. The number of nitrogens with zero attached hydrogens (tertiary/aromatic N) is 2. The lowest BCUT2D eigenvalue weighted by Gasteiger charge is -2.05. The number of hydrogen-bond acceptors (Lipinski definition) is 5. The first kappa shape index (κ1) is 12.5. The Morgan fingerprint density at radius 3 is 3.00 bits per heavy atom. The largest absolute Gasteiger partial charge is 0.338 e. The second kappa shape index (κ2) is 6.08. The molecule has 0 radical (unpaired) electrons. The highest BCUT2D eigenvalue weighted by atomic mass is 32.2. The van der Waals surface area contributed by atoms with E-state index < -0.39 is 0 Å². The van der Waals surface area contributed by atoms with Crippen LogP contribution in [-0.4, -0.2) is 15.4 Å². The Balaban J connectivity index is 1.83. The third-order valence-corrected chi connectivity index (χ3v) is 4.26. The minimum Gasteiger partial charge on any atom is -0.338 e. The first-order valence-corrected chi connectivity index (χ1v) is 6.97. The summed E-state index contributed by atoms with van der Waals surface area (Å²) in [6.07, 6.45) is 10.9. The van der Waals surface area contributed by atoms with E-state index in [0.29, 0.717) is 12.3 Å². The average Bonchev–Trinajstić information content (AvgIpc) is 2.98. The number of thioether (sulfide) groups is 1. The summed E-state index contributed by atoms with van der Waals surface area (Å²) in [7, 11) is 0. The molecule has 92 valence electrons. The normalized spacial score (nSPS) is 18.1. The van der Waals surface area contributed by atoms with Gasteiger partial charge in [-0.3, -0.25) is 0 Å². The van der Waals surface area contributed by atoms with Crippen molar-refractivity contribution in [2.24, 2.45) is 5.73 Å². The van der Waals surface area contributed by atoms with Gasteiger partial charge in [-0.2, -0.15) is 16.7 Å². The quantitative estimate of drug-likeness (QED) is 0.813. The zero-order chi connectivity index (χ0) is 12.1. The molecule has 1 aliphatic carbocycles. The molecule has 1 aromatic rings. The van der Waals surface area contributed by atoms with E-state index in [0.717, 1.165) is 16.8 Å². The van der Waals surface area contributed by atoms with Gasteiger partial charge in [0.25, 0.3) is 0 Å². The summed E-state index contributed by atoms with van der Waals surface area (Å²) in [5, 5.41) is 4.69. The Morgan fingerprint density at radius 2 is 2.29 bits per heavy atom. The fraction of sp³-hybridized carbons (Fsp3) is 0.667. The first-order chi connectivity index (χ1) is 8.29. The van der Waals surface area contributed by atoms with Crippen molar-refractivity contribution < 1.29 is 4.52 Å². The standard InChI is InChI=1S/C12H17N3OS/c1-2-5-10(13)12-14-11(15-16-12)8-17-9-6-3-4-7-9/h1,9-10H,3-8,13H2. The SMILES string of the molecule is C#CCC(N)c1nc(CSC2CCCC2)no1. The molecule has 1 heterocycles. The van der Waals surface area contributed by atoms with E-state index in [9.17, 15) is 0 Å². The number of terminal acetylenes is 1. The van der Waals surface area contributed by atoms with Gasteiger partial charge in [0.1, 0.15) is 0 Å². The van der Waals surface area contributed by atoms with E-state index in [4.69, 9.17) is 16.7 Å². The molecule has 1 aliphatic rings. The van der Waals surface area contributed by atoms with Gasteiger partial charge in [-0.25, -0.2) is 0 Å². The van der Waals surface area contributed by atoms with E-state index >= 15 is 0 Å². The van der Waals surface area contributed by atoms with E-state index in [-0.39, 0.29) is 6.04 Å². The van der Waals surface area contributed by atoms with Crippen LogP contribution in [0.4, 0.5) is 0 Å². The molecule has 0 saturated heterocycles. The van der Waals surface area contributed by atoms with Crippen LogP contribution in [0.5, 0.6) is 0 Å². The zero-order valence-electron chi connectivity index (χ0n) is 9.76. The zero-order valence-corrected chi connectivity index (χ0v) is 10.6. The first-order valence-electron chi connectivity index (χ1n) is 5.92. The monoisotopic (exact) mass is 251 g/mol. The molecular formula is C12H17N3OS. The smallest absolute Gasteiger partial charge is 0.244 e. The summed E-state index contributed by atoms with van der Waals surface area (Å²) in [4.78, 5) is 4.27. The molecule has 1 unspecified atom stereocenters. The summed E-state index contributed by atoms with van der Waals surface area (Å²) in [6.45, 7) is 0. The summed E-state index contributed by atoms with van der Waals surface area (Å²) >= 11 is 1.91. The van der Waals surface area contributed by atoms with Gasteiger partial charge in [0.15, 0.2) is 5.82 Å². The van der Waals surface area contributed by atoms with Crippen molar-refractivity contribution in [2.45, 2.75) is 49.1 Å². The molecule has 1 saturated carbocycles. The summed E-state index contributed by atoms with van der Waals surface area (Å²) in [5.41, 5.74) is 5.79. The van der Waals surface area contributed by atoms with Crippen molar-refractivity contribution in [3.8, 4) is 12.3 Å². The highest BCUT2D eigenvalue weighted by Gasteiger charge is 2.18. The Labute approximate surface area is 106 Å². The van der Waals surface area contributed by atoms with Gasteiger partial charge in [0.2, 0.25) is 5.89 Å². The summed E-state index contributed by atoms with van der Waals surface area (Å²) in [5.74, 6) is 4.47. The predicted molar refractivity (Wildman–Crippen MR) is 68.2 cm³/mol. The number of nitrogens with two attached hydrogens (primary N) is 1. The van der Waals surface area contributed by atoms with E-state index in [1.807, 2.05) is 11.8 Å². The molecule has 2 rings (SSSR count). The third kappa shape index (κ3) is 3.48. The molecule has 4 nitrogen and oxygen atoms in total. The fourth-order valence-corrected chi connectivity index (χ4v) is 3.11. The second-order valence-corrected chi connectivity index (χ2v) is 5.57. The summed E-state index contributed by atoms with van der Waals surface area (Å²) in [6, 6.07) is -0.335. The maximum atomic E-state index is 5.79. The maximum absolute atomic E-state index is 5.79. The van der Waals surface area contributed by atoms with Crippen LogP contribution >= 0.6 is 11.8 Å². The molecule has 0 spiro atoms. The molecule has 0 aliphatic heterocycles. The van der Waals surface area contributed by atoms with E-state index in [1.54, 1.807) is 0 Å². The Morgan fingerprint density at radius 1 is 1.53 bits per heavy atom. The fourth-order valence-electron chi connectivity index (χ4n) is 1.94. The van der Waals surface area contributed by atoms with E-state index in [1.165, 1.54) is 25.7 Å². The van der Waals surface area contributed by atoms with Crippen molar-refractivity contribution in [1.29, 1.82) is 0 Å². The van der Waals surface area contributed by atoms with Gasteiger partial charge in [0.05, 0.1) is 11.8 Å². The van der Waals surface area contributed by atoms with Gasteiger partial charge >= 0.3 is 0 Å². The topological polar surface area (TPSA) is 64.9 Å². The number of hydrogen-bond donors (Lipinski definition) is 1. The highest BCUT2D eigenvalue weighted by Crippen LogP contribution is 2.31. The Hall–Kier alpha value is -0.990. The van der Waals surface area contributed by atoms with Gasteiger partial charge in [-0.15, -0.1) is 12.3 Å². The van der Waals surface area contributed by atoms with Crippen molar-refractivity contribution in [1.82, 2.24) is 10.1 Å². The third-order valence-electron chi connectivity index (χ3n) is 2.89. The van der Waals surface area contributed by atoms with Crippen LogP contribution in [0, 0.1) is 12.3 Å². The molecule has 5 heteroatoms. The maximum Gasteiger partial charge on any atom is 0.244 e. The second-order valence-electron chi connectivity index (χ2n) is 4.28. The molecule has 1 aromatic heterocycles. The van der Waals surface area contributed by atoms with Crippen LogP contribution in [0.15, 0.2) is 4.52 Å². The molecule has 1 fully saturated rings. The molecule has 1 atom stereocenters. The van der Waals surface area contributed by atoms with Crippen LogP contribution in [0.2, 0.25) is 0 Å². The van der Waals surface area contributed by atoms with Crippen molar-refractivity contribution in [2.75, 3.05) is 0 Å². The van der Waals surface area contributed by atoms with Gasteiger partial charge in [-0.1, -0.05) is 18.0 Å². The number of aromatic nitrogens is 2. The van der Waals surface area contributed by atoms with Crippen molar-refractivity contribution in [3.05, 3.63) is 11.7 Å². The summed E-state index contributed by atoms with van der Waals surface area (Å²) < 4.78 is 5.10. The number of rotatable bonds is 5. The Bertz CT molecular complexity index is 393. The van der Waals surface area contributed by atoms with Crippen molar-refractivity contribution >= 4 is 11.8 Å². The van der Waals surface area contributed by atoms with E-state index in [2.05, 4.69) is 16.1 Å². The lowest BCUT2D eigenvalue weighted by Crippen LogP contribution is -2.09. The molecule has 2 N–H and O–H groups in total. The Kier molecular flexibility index (Phi) is 4.46.